The van der Waals surface area contributed by atoms with Gasteiger partial charge in [0, 0.05) is 23.6 Å². The number of hydrazine groups is 1. The Labute approximate surface area is 110 Å². The van der Waals surface area contributed by atoms with E-state index in [0.717, 1.165) is 28.8 Å². The van der Waals surface area contributed by atoms with Gasteiger partial charge in [-0.1, -0.05) is 6.92 Å². The Hall–Kier alpha value is -1.73. The molecule has 0 saturated carbocycles. The molecular formula is C11H16N6S. The summed E-state index contributed by atoms with van der Waals surface area (Å²) in [7, 11) is 0. The van der Waals surface area contributed by atoms with Crippen molar-refractivity contribution in [1.82, 2.24) is 15.0 Å². The van der Waals surface area contributed by atoms with Crippen LogP contribution < -0.4 is 16.6 Å². The summed E-state index contributed by atoms with van der Waals surface area (Å²) in [6.45, 7) is 4.64. The van der Waals surface area contributed by atoms with Crippen LogP contribution in [0.3, 0.4) is 0 Å². The van der Waals surface area contributed by atoms with Crippen LogP contribution in [-0.4, -0.2) is 15.0 Å². The fraction of sp³-hybridized carbons (Fsp3) is 0.364. The van der Waals surface area contributed by atoms with Gasteiger partial charge in [0.1, 0.15) is 22.5 Å². The molecule has 0 aliphatic carbocycles. The second kappa shape index (κ2) is 5.74. The number of hydrogen-bond acceptors (Lipinski definition) is 7. The van der Waals surface area contributed by atoms with Crippen molar-refractivity contribution >= 4 is 23.0 Å². The van der Waals surface area contributed by atoms with Crippen LogP contribution >= 0.6 is 11.3 Å². The summed E-state index contributed by atoms with van der Waals surface area (Å²) < 4.78 is 0. The summed E-state index contributed by atoms with van der Waals surface area (Å²) in [6.07, 6.45) is 0.764. The van der Waals surface area contributed by atoms with Crippen LogP contribution in [0.2, 0.25) is 0 Å². The van der Waals surface area contributed by atoms with Gasteiger partial charge in [-0.05, 0) is 6.92 Å². The van der Waals surface area contributed by atoms with Crippen molar-refractivity contribution in [3.05, 3.63) is 28.0 Å². The van der Waals surface area contributed by atoms with Crippen LogP contribution in [0.5, 0.6) is 0 Å². The lowest BCUT2D eigenvalue weighted by molar-refractivity contribution is 0.929. The van der Waals surface area contributed by atoms with E-state index in [0.29, 0.717) is 12.4 Å². The zero-order valence-electron chi connectivity index (χ0n) is 10.4. The number of nitrogens with one attached hydrogen (secondary N) is 2. The van der Waals surface area contributed by atoms with Crippen molar-refractivity contribution in [3.8, 4) is 0 Å². The molecule has 2 aromatic heterocycles. The highest BCUT2D eigenvalue weighted by molar-refractivity contribution is 7.09. The van der Waals surface area contributed by atoms with Crippen molar-refractivity contribution in [1.29, 1.82) is 0 Å². The maximum absolute atomic E-state index is 5.37. The Morgan fingerprint density at radius 3 is 2.67 bits per heavy atom. The predicted molar refractivity (Wildman–Crippen MR) is 73.4 cm³/mol. The minimum Gasteiger partial charge on any atom is -0.363 e. The smallest absolute Gasteiger partial charge is 0.145 e. The van der Waals surface area contributed by atoms with Crippen LogP contribution in [0.1, 0.15) is 23.4 Å². The third kappa shape index (κ3) is 3.14. The number of nitrogens with zero attached hydrogens (tertiary/aromatic N) is 3. The van der Waals surface area contributed by atoms with Gasteiger partial charge in [0.05, 0.1) is 6.54 Å². The highest BCUT2D eigenvalue weighted by atomic mass is 32.1. The molecule has 0 saturated heterocycles. The van der Waals surface area contributed by atoms with Gasteiger partial charge in [-0.2, -0.15) is 0 Å². The average molecular weight is 264 g/mol. The SMILES string of the molecule is CCc1nc(NN)cc(NCc2nc(C)cs2)n1. The Balaban J connectivity index is 2.08. The molecule has 0 aliphatic rings. The lowest BCUT2D eigenvalue weighted by atomic mass is 10.4. The number of aryl methyl sites for hydroxylation is 2. The highest BCUT2D eigenvalue weighted by Gasteiger charge is 2.04. The normalized spacial score (nSPS) is 10.4. The zero-order valence-corrected chi connectivity index (χ0v) is 11.2. The summed E-state index contributed by atoms with van der Waals surface area (Å²) in [4.78, 5) is 13.0. The number of nitrogens with two attached hydrogens (primary N) is 1. The van der Waals surface area contributed by atoms with Crippen molar-refractivity contribution in [2.75, 3.05) is 10.7 Å². The molecule has 4 N–H and O–H groups in total. The summed E-state index contributed by atoms with van der Waals surface area (Å²) in [5, 5.41) is 6.29. The van der Waals surface area contributed by atoms with E-state index in [1.807, 2.05) is 19.2 Å². The van der Waals surface area contributed by atoms with E-state index < -0.39 is 0 Å². The molecule has 18 heavy (non-hydrogen) atoms. The first-order chi connectivity index (χ1) is 8.71. The number of nitrogen functional groups attached to an aromatic ring is 1. The van der Waals surface area contributed by atoms with E-state index in [1.165, 1.54) is 0 Å². The number of rotatable bonds is 5. The van der Waals surface area contributed by atoms with E-state index >= 15 is 0 Å². The number of hydrogen-bond donors (Lipinski definition) is 3. The Bertz CT molecular complexity index is 502. The van der Waals surface area contributed by atoms with E-state index in [4.69, 9.17) is 5.84 Å². The summed E-state index contributed by atoms with van der Waals surface area (Å²) >= 11 is 1.63. The third-order valence-corrected chi connectivity index (χ3v) is 3.29. The van der Waals surface area contributed by atoms with Crippen LogP contribution in [0.4, 0.5) is 11.6 Å². The molecule has 0 unspecified atom stereocenters. The maximum Gasteiger partial charge on any atom is 0.145 e. The topological polar surface area (TPSA) is 88.8 Å². The summed E-state index contributed by atoms with van der Waals surface area (Å²) in [5.74, 6) is 7.49. The van der Waals surface area contributed by atoms with Crippen molar-refractivity contribution in [3.63, 3.8) is 0 Å². The minimum atomic E-state index is 0.611. The summed E-state index contributed by atoms with van der Waals surface area (Å²) in [6, 6.07) is 1.78. The number of thiazole rings is 1. The zero-order chi connectivity index (χ0) is 13.0. The standard InChI is InChI=1S/C11H16N6S/c1-3-8-15-9(4-10(16-8)17-12)13-5-11-14-7(2)6-18-11/h4,6H,3,5,12H2,1-2H3,(H2,13,15,16,17). The van der Waals surface area contributed by atoms with Crippen molar-refractivity contribution < 1.29 is 0 Å². The molecule has 7 heteroatoms. The molecular weight excluding hydrogens is 248 g/mol. The van der Waals surface area contributed by atoms with E-state index in [9.17, 15) is 0 Å². The molecule has 0 aliphatic heterocycles. The minimum absolute atomic E-state index is 0.611. The van der Waals surface area contributed by atoms with Crippen LogP contribution in [0.25, 0.3) is 0 Å². The second-order valence-corrected chi connectivity index (χ2v) is 4.73. The lowest BCUT2D eigenvalue weighted by Gasteiger charge is -2.07. The fourth-order valence-corrected chi connectivity index (χ4v) is 2.18. The van der Waals surface area contributed by atoms with Gasteiger partial charge >= 0.3 is 0 Å². The van der Waals surface area contributed by atoms with E-state index in [1.54, 1.807) is 17.4 Å². The molecule has 0 aromatic carbocycles. The summed E-state index contributed by atoms with van der Waals surface area (Å²) in [5.41, 5.74) is 3.58. The predicted octanol–water partition coefficient (Wildman–Crippen LogP) is 1.70. The van der Waals surface area contributed by atoms with Crippen LogP contribution in [0.15, 0.2) is 11.4 Å². The molecule has 2 rings (SSSR count). The maximum atomic E-state index is 5.37. The van der Waals surface area contributed by atoms with Crippen LogP contribution in [0, 0.1) is 6.92 Å². The molecule has 0 atom stereocenters. The third-order valence-electron chi connectivity index (χ3n) is 2.32. The first-order valence-electron chi connectivity index (χ1n) is 5.70. The van der Waals surface area contributed by atoms with Gasteiger partial charge in [-0.25, -0.2) is 20.8 Å². The first kappa shape index (κ1) is 12.7. The van der Waals surface area contributed by atoms with Crippen LogP contribution in [-0.2, 0) is 13.0 Å². The van der Waals surface area contributed by atoms with E-state index in [-0.39, 0.29) is 0 Å². The van der Waals surface area contributed by atoms with E-state index in [2.05, 4.69) is 25.7 Å². The molecule has 2 heterocycles. The molecule has 0 fully saturated rings. The molecule has 0 bridgehead atoms. The van der Waals surface area contributed by atoms with Crippen molar-refractivity contribution in [2.45, 2.75) is 26.8 Å². The monoisotopic (exact) mass is 264 g/mol. The second-order valence-electron chi connectivity index (χ2n) is 3.79. The van der Waals surface area contributed by atoms with Crippen molar-refractivity contribution in [2.24, 2.45) is 5.84 Å². The van der Waals surface area contributed by atoms with Gasteiger partial charge in [0.2, 0.25) is 0 Å². The van der Waals surface area contributed by atoms with Gasteiger partial charge in [-0.3, -0.25) is 0 Å². The first-order valence-corrected chi connectivity index (χ1v) is 6.58. The molecule has 96 valence electrons. The molecule has 0 radical (unpaired) electrons. The molecule has 0 amide bonds. The highest BCUT2D eigenvalue weighted by Crippen LogP contribution is 2.14. The number of aromatic nitrogens is 3. The van der Waals surface area contributed by atoms with Gasteiger partial charge in [0.15, 0.2) is 0 Å². The largest absolute Gasteiger partial charge is 0.363 e. The van der Waals surface area contributed by atoms with Gasteiger partial charge in [-0.15, -0.1) is 11.3 Å². The molecule has 2 aromatic rings. The average Bonchev–Trinajstić information content (AvgIpc) is 2.81. The Morgan fingerprint density at radius 2 is 2.06 bits per heavy atom. The lowest BCUT2D eigenvalue weighted by Crippen LogP contribution is -2.12. The Morgan fingerprint density at radius 1 is 1.28 bits per heavy atom. The number of anilines is 2. The molecule has 6 nitrogen and oxygen atoms in total. The quantitative estimate of drug-likeness (QED) is 0.562. The van der Waals surface area contributed by atoms with Gasteiger partial charge in [0.25, 0.3) is 0 Å². The molecule has 0 spiro atoms. The van der Waals surface area contributed by atoms with Gasteiger partial charge < -0.3 is 10.7 Å². The fourth-order valence-electron chi connectivity index (χ4n) is 1.47. The Kier molecular flexibility index (Phi) is 4.06.